The molecular formula is C19H15Cl3F3N5O2. The van der Waals surface area contributed by atoms with Gasteiger partial charge in [-0.25, -0.2) is 4.68 Å². The van der Waals surface area contributed by atoms with Gasteiger partial charge in [-0.2, -0.15) is 18.3 Å². The van der Waals surface area contributed by atoms with Crippen LogP contribution in [0.1, 0.15) is 33.5 Å². The van der Waals surface area contributed by atoms with Gasteiger partial charge in [0.2, 0.25) is 0 Å². The fourth-order valence-corrected chi connectivity index (χ4v) is 3.60. The van der Waals surface area contributed by atoms with E-state index in [1.807, 2.05) is 0 Å². The van der Waals surface area contributed by atoms with E-state index in [9.17, 15) is 22.8 Å². The van der Waals surface area contributed by atoms with Crippen LogP contribution in [0.4, 0.5) is 18.9 Å². The molecule has 0 radical (unpaired) electrons. The lowest BCUT2D eigenvalue weighted by Crippen LogP contribution is -2.27. The molecule has 13 heteroatoms. The monoisotopic (exact) mass is 507 g/mol. The zero-order valence-electron chi connectivity index (χ0n) is 16.3. The molecule has 2 heterocycles. The lowest BCUT2D eigenvalue weighted by molar-refractivity contribution is -0.141. The third-order valence-corrected chi connectivity index (χ3v) is 5.02. The van der Waals surface area contributed by atoms with Crippen molar-refractivity contribution in [3.05, 3.63) is 62.4 Å². The Kier molecular flexibility index (Phi) is 7.06. The van der Waals surface area contributed by atoms with Crippen LogP contribution in [0.15, 0.2) is 35.4 Å². The van der Waals surface area contributed by atoms with E-state index < -0.39 is 29.4 Å². The molecule has 2 amide bonds. The molecule has 170 valence electrons. The van der Waals surface area contributed by atoms with Gasteiger partial charge in [0.05, 0.1) is 21.3 Å². The number of dihydropyridines is 1. The summed E-state index contributed by atoms with van der Waals surface area (Å²) in [5.41, 5.74) is -1.97. The molecule has 0 unspecified atom stereocenters. The van der Waals surface area contributed by atoms with Crippen molar-refractivity contribution < 1.29 is 22.8 Å². The van der Waals surface area contributed by atoms with Gasteiger partial charge >= 0.3 is 6.18 Å². The molecule has 0 saturated carbocycles. The Balaban J connectivity index is 2.09. The highest BCUT2D eigenvalue weighted by Gasteiger charge is 2.37. The Bertz CT molecular complexity index is 1140. The van der Waals surface area contributed by atoms with Crippen molar-refractivity contribution in [3.8, 4) is 0 Å². The molecule has 0 atom stereocenters. The zero-order valence-corrected chi connectivity index (χ0v) is 18.5. The first-order valence-electron chi connectivity index (χ1n) is 9.09. The molecule has 0 spiro atoms. The van der Waals surface area contributed by atoms with Gasteiger partial charge in [-0.05, 0) is 25.1 Å². The Morgan fingerprint density at radius 3 is 2.53 bits per heavy atom. The lowest BCUT2D eigenvalue weighted by atomic mass is 10.1. The van der Waals surface area contributed by atoms with E-state index in [4.69, 9.17) is 34.8 Å². The molecule has 3 N–H and O–H groups in total. The molecule has 32 heavy (non-hydrogen) atoms. The predicted molar refractivity (Wildman–Crippen MR) is 116 cm³/mol. The summed E-state index contributed by atoms with van der Waals surface area (Å²) >= 11 is 18.2. The van der Waals surface area contributed by atoms with Crippen LogP contribution in [0.2, 0.25) is 10.0 Å². The minimum absolute atomic E-state index is 0.0130. The summed E-state index contributed by atoms with van der Waals surface area (Å²) in [5.74, 6) is -1.60. The Hall–Kier alpha value is -2.69. The third kappa shape index (κ3) is 5.03. The number of benzene rings is 1. The van der Waals surface area contributed by atoms with Gasteiger partial charge < -0.3 is 16.0 Å². The maximum atomic E-state index is 13.3. The molecule has 1 aromatic heterocycles. The van der Waals surface area contributed by atoms with Crippen LogP contribution in [0.5, 0.6) is 0 Å². The molecule has 1 aromatic carbocycles. The number of carbonyl (C=O) groups excluding carboxylic acids is 2. The van der Waals surface area contributed by atoms with E-state index >= 15 is 0 Å². The zero-order chi connectivity index (χ0) is 23.6. The topological polar surface area (TPSA) is 88.1 Å². The minimum Gasteiger partial charge on any atom is -0.365 e. The molecule has 0 saturated heterocycles. The van der Waals surface area contributed by atoms with Crippen molar-refractivity contribution in [2.75, 3.05) is 18.4 Å². The highest BCUT2D eigenvalue weighted by Crippen LogP contribution is 2.33. The second-order valence-corrected chi connectivity index (χ2v) is 7.68. The number of halogens is 6. The van der Waals surface area contributed by atoms with E-state index in [1.165, 1.54) is 18.2 Å². The highest BCUT2D eigenvalue weighted by atomic mass is 35.5. The van der Waals surface area contributed by atoms with Crippen molar-refractivity contribution in [3.63, 3.8) is 0 Å². The molecule has 2 aromatic rings. The number of nitrogens with zero attached hydrogens (tertiary/aromatic N) is 2. The number of carbonyl (C=O) groups is 2. The summed E-state index contributed by atoms with van der Waals surface area (Å²) in [5, 5.41) is 11.3. The molecule has 1 aliphatic heterocycles. The van der Waals surface area contributed by atoms with Gasteiger partial charge in [0.15, 0.2) is 5.69 Å². The van der Waals surface area contributed by atoms with Crippen molar-refractivity contribution in [1.29, 1.82) is 0 Å². The normalized spacial score (nSPS) is 13.7. The van der Waals surface area contributed by atoms with Crippen molar-refractivity contribution in [1.82, 2.24) is 20.4 Å². The number of hydrogen-bond donors (Lipinski definition) is 3. The number of aromatic nitrogens is 2. The maximum Gasteiger partial charge on any atom is 0.435 e. The van der Waals surface area contributed by atoms with Crippen molar-refractivity contribution >= 4 is 58.1 Å². The van der Waals surface area contributed by atoms with Crippen LogP contribution in [-0.2, 0) is 6.18 Å². The Morgan fingerprint density at radius 2 is 1.91 bits per heavy atom. The summed E-state index contributed by atoms with van der Waals surface area (Å²) < 4.78 is 40.7. The summed E-state index contributed by atoms with van der Waals surface area (Å²) in [4.78, 5) is 25.4. The quantitative estimate of drug-likeness (QED) is 0.545. The van der Waals surface area contributed by atoms with Crippen LogP contribution in [0.3, 0.4) is 0 Å². The first-order chi connectivity index (χ1) is 15.0. The standard InChI is InChI=1S/C19H15Cl3F3N5O2/c1-2-26-17(31)10-6-9(20)7-12(22)15(10)28-18(32)13-8-14(19(23,24)25)29-30(13)16-11(21)4-3-5-27-16/h3-4,6-8,27H,2,5H2,1H3,(H,26,31)(H,28,32). The SMILES string of the molecule is CCNC(=O)c1cc(Cl)cc(Cl)c1NC(=O)c1cc(C(F)(F)F)nn1C1=C(Cl)C=CCN1. The van der Waals surface area contributed by atoms with Crippen LogP contribution in [-0.4, -0.2) is 34.7 Å². The average molecular weight is 509 g/mol. The minimum atomic E-state index is -4.82. The molecule has 3 rings (SSSR count). The van der Waals surface area contributed by atoms with Gasteiger partial charge in [0.25, 0.3) is 11.8 Å². The molecular weight excluding hydrogens is 494 g/mol. The van der Waals surface area contributed by atoms with Gasteiger partial charge in [-0.15, -0.1) is 0 Å². The van der Waals surface area contributed by atoms with E-state index in [2.05, 4.69) is 21.0 Å². The van der Waals surface area contributed by atoms with Crippen LogP contribution >= 0.6 is 34.8 Å². The molecule has 1 aliphatic rings. The van der Waals surface area contributed by atoms with Crippen LogP contribution in [0.25, 0.3) is 5.82 Å². The number of hydrogen-bond acceptors (Lipinski definition) is 4. The number of rotatable bonds is 5. The van der Waals surface area contributed by atoms with Gasteiger partial charge in [0, 0.05) is 24.2 Å². The summed E-state index contributed by atoms with van der Waals surface area (Å²) in [6, 6.07) is 3.13. The van der Waals surface area contributed by atoms with E-state index in [-0.39, 0.29) is 45.2 Å². The number of anilines is 1. The second-order valence-electron chi connectivity index (χ2n) is 6.43. The molecule has 0 bridgehead atoms. The fourth-order valence-electron chi connectivity index (χ4n) is 2.82. The summed E-state index contributed by atoms with van der Waals surface area (Å²) in [7, 11) is 0. The maximum absolute atomic E-state index is 13.3. The van der Waals surface area contributed by atoms with Crippen LogP contribution in [0, 0.1) is 0 Å². The summed E-state index contributed by atoms with van der Waals surface area (Å²) in [6.07, 6.45) is -1.71. The molecule has 7 nitrogen and oxygen atoms in total. The van der Waals surface area contributed by atoms with Gasteiger partial charge in [0.1, 0.15) is 11.5 Å². The largest absolute Gasteiger partial charge is 0.435 e. The number of nitrogens with one attached hydrogen (secondary N) is 3. The van der Waals surface area contributed by atoms with Crippen molar-refractivity contribution in [2.45, 2.75) is 13.1 Å². The van der Waals surface area contributed by atoms with Gasteiger partial charge in [-0.3, -0.25) is 9.59 Å². The molecule has 0 fully saturated rings. The first kappa shape index (κ1) is 24.0. The highest BCUT2D eigenvalue weighted by molar-refractivity contribution is 6.38. The summed E-state index contributed by atoms with van der Waals surface area (Å²) in [6.45, 7) is 2.23. The van der Waals surface area contributed by atoms with Crippen LogP contribution < -0.4 is 16.0 Å². The predicted octanol–water partition coefficient (Wildman–Crippen LogP) is 4.74. The number of alkyl halides is 3. The van der Waals surface area contributed by atoms with Crippen molar-refractivity contribution in [2.24, 2.45) is 0 Å². The number of allylic oxidation sites excluding steroid dienone is 2. The lowest BCUT2D eigenvalue weighted by Gasteiger charge is -2.17. The van der Waals surface area contributed by atoms with Gasteiger partial charge in [-0.1, -0.05) is 40.9 Å². The fraction of sp³-hybridized carbons (Fsp3) is 0.211. The Labute approximate surface area is 195 Å². The smallest absolute Gasteiger partial charge is 0.365 e. The van der Waals surface area contributed by atoms with E-state index in [0.29, 0.717) is 6.07 Å². The van der Waals surface area contributed by atoms with E-state index in [1.54, 1.807) is 13.0 Å². The third-order valence-electron chi connectivity index (χ3n) is 4.20. The first-order valence-corrected chi connectivity index (χ1v) is 10.2. The van der Waals surface area contributed by atoms with E-state index in [0.717, 1.165) is 4.68 Å². The molecule has 0 aliphatic carbocycles. The Morgan fingerprint density at radius 1 is 1.19 bits per heavy atom. The number of amides is 2. The average Bonchev–Trinajstić information content (AvgIpc) is 3.16. The second kappa shape index (κ2) is 9.43.